The summed E-state index contributed by atoms with van der Waals surface area (Å²) in [4.78, 5) is 0. The van der Waals surface area contributed by atoms with Crippen LogP contribution in [0.25, 0.3) is 0 Å². The van der Waals surface area contributed by atoms with Crippen LogP contribution in [0.2, 0.25) is 0 Å². The molecule has 1 N–H and O–H groups in total. The van der Waals surface area contributed by atoms with Gasteiger partial charge in [-0.05, 0) is 43.6 Å². The van der Waals surface area contributed by atoms with Crippen LogP contribution in [0, 0.1) is 17.8 Å². The smallest absolute Gasteiger partial charge is 0.115 e. The van der Waals surface area contributed by atoms with Crippen molar-refractivity contribution in [3.63, 3.8) is 0 Å². The van der Waals surface area contributed by atoms with E-state index in [9.17, 15) is 5.11 Å². The van der Waals surface area contributed by atoms with E-state index in [1.54, 1.807) is 0 Å². The van der Waals surface area contributed by atoms with E-state index in [4.69, 9.17) is 4.74 Å². The van der Waals surface area contributed by atoms with Crippen LogP contribution in [0.4, 0.5) is 0 Å². The second-order valence-electron chi connectivity index (χ2n) is 6.42. The lowest BCUT2D eigenvalue weighted by atomic mass is 9.79. The molecule has 3 rings (SSSR count). The van der Waals surface area contributed by atoms with Crippen molar-refractivity contribution in [3.05, 3.63) is 36.6 Å². The maximum atomic E-state index is 10.6. The molecule has 98 valence electrons. The fourth-order valence-corrected chi connectivity index (χ4v) is 4.11. The van der Waals surface area contributed by atoms with E-state index < -0.39 is 5.60 Å². The summed E-state index contributed by atoms with van der Waals surface area (Å²) in [7, 11) is 0. The van der Waals surface area contributed by atoms with Gasteiger partial charge in [0.15, 0.2) is 0 Å². The standard InChI is InChI=1S/C16H22O2/c1-9-7-15-13(10(2)11(3)18-15)8-14-12(9)5-6-16(14,4)17/h12-15,17H,1-3,5-8H2,4H3. The van der Waals surface area contributed by atoms with E-state index in [-0.39, 0.29) is 6.10 Å². The molecule has 0 radical (unpaired) electrons. The van der Waals surface area contributed by atoms with Gasteiger partial charge in [0.25, 0.3) is 0 Å². The molecule has 3 aliphatic rings. The maximum Gasteiger partial charge on any atom is 0.115 e. The Kier molecular flexibility index (Phi) is 2.50. The van der Waals surface area contributed by atoms with Crippen molar-refractivity contribution in [2.75, 3.05) is 0 Å². The summed E-state index contributed by atoms with van der Waals surface area (Å²) in [5, 5.41) is 10.6. The summed E-state index contributed by atoms with van der Waals surface area (Å²) in [5.74, 6) is 1.80. The first-order chi connectivity index (χ1) is 8.40. The third-order valence-electron chi connectivity index (χ3n) is 5.29. The Balaban J connectivity index is 1.94. The maximum absolute atomic E-state index is 10.6. The summed E-state index contributed by atoms with van der Waals surface area (Å²) in [6.45, 7) is 14.2. The van der Waals surface area contributed by atoms with Gasteiger partial charge in [-0.3, -0.25) is 0 Å². The third kappa shape index (κ3) is 1.58. The number of hydrogen-bond donors (Lipinski definition) is 1. The Hall–Kier alpha value is -1.02. The predicted octanol–water partition coefficient (Wildman–Crippen LogP) is 3.20. The van der Waals surface area contributed by atoms with Crippen LogP contribution < -0.4 is 0 Å². The van der Waals surface area contributed by atoms with Crippen molar-refractivity contribution < 1.29 is 9.84 Å². The molecule has 1 aliphatic heterocycles. The minimum absolute atomic E-state index is 0.152. The zero-order valence-corrected chi connectivity index (χ0v) is 11.1. The van der Waals surface area contributed by atoms with Gasteiger partial charge >= 0.3 is 0 Å². The van der Waals surface area contributed by atoms with E-state index in [0.717, 1.165) is 37.0 Å². The summed E-state index contributed by atoms with van der Waals surface area (Å²) in [6.07, 6.45) is 3.94. The van der Waals surface area contributed by atoms with E-state index in [1.165, 1.54) is 5.57 Å². The van der Waals surface area contributed by atoms with Gasteiger partial charge in [0, 0.05) is 12.3 Å². The summed E-state index contributed by atoms with van der Waals surface area (Å²) < 4.78 is 5.82. The highest BCUT2D eigenvalue weighted by Gasteiger charge is 2.51. The predicted molar refractivity (Wildman–Crippen MR) is 71.9 cm³/mol. The van der Waals surface area contributed by atoms with Crippen LogP contribution in [-0.2, 0) is 4.74 Å². The van der Waals surface area contributed by atoms with E-state index in [1.807, 2.05) is 6.92 Å². The molecule has 3 fully saturated rings. The van der Waals surface area contributed by atoms with Gasteiger partial charge in [0.1, 0.15) is 11.9 Å². The Morgan fingerprint density at radius 1 is 1.28 bits per heavy atom. The molecule has 2 aliphatic carbocycles. The molecule has 0 aromatic rings. The molecule has 2 heteroatoms. The summed E-state index contributed by atoms with van der Waals surface area (Å²) in [5.41, 5.74) is 1.70. The highest BCUT2D eigenvalue weighted by molar-refractivity contribution is 5.32. The molecule has 0 aromatic carbocycles. The minimum Gasteiger partial charge on any atom is -0.490 e. The SMILES string of the molecule is C=C1OC2CC(=C)C3CCC(C)(O)C3CC2C1=C. The molecule has 18 heavy (non-hydrogen) atoms. The molecular weight excluding hydrogens is 224 g/mol. The van der Waals surface area contributed by atoms with Crippen molar-refractivity contribution in [1.29, 1.82) is 0 Å². The molecule has 0 aromatic heterocycles. The van der Waals surface area contributed by atoms with E-state index >= 15 is 0 Å². The number of ether oxygens (including phenoxy) is 1. The van der Waals surface area contributed by atoms with Crippen molar-refractivity contribution in [2.24, 2.45) is 17.8 Å². The first kappa shape index (κ1) is 12.0. The Labute approximate surface area is 109 Å². The molecule has 0 spiro atoms. The van der Waals surface area contributed by atoms with Crippen LogP contribution in [0.15, 0.2) is 36.6 Å². The molecule has 2 saturated carbocycles. The van der Waals surface area contributed by atoms with Gasteiger partial charge < -0.3 is 9.84 Å². The molecule has 1 saturated heterocycles. The van der Waals surface area contributed by atoms with Crippen molar-refractivity contribution in [3.8, 4) is 0 Å². The number of fused-ring (bicyclic) bond motifs is 2. The first-order valence-corrected chi connectivity index (χ1v) is 6.85. The highest BCUT2D eigenvalue weighted by Crippen LogP contribution is 2.53. The topological polar surface area (TPSA) is 29.5 Å². The van der Waals surface area contributed by atoms with Crippen LogP contribution in [0.5, 0.6) is 0 Å². The van der Waals surface area contributed by atoms with Crippen molar-refractivity contribution in [1.82, 2.24) is 0 Å². The van der Waals surface area contributed by atoms with Gasteiger partial charge in [-0.15, -0.1) is 0 Å². The lowest BCUT2D eigenvalue weighted by molar-refractivity contribution is 0.00433. The average molecular weight is 246 g/mol. The number of rotatable bonds is 0. The highest BCUT2D eigenvalue weighted by atomic mass is 16.5. The van der Waals surface area contributed by atoms with Gasteiger partial charge in [0.2, 0.25) is 0 Å². The molecular formula is C16H22O2. The van der Waals surface area contributed by atoms with Gasteiger partial charge in [-0.2, -0.15) is 0 Å². The summed E-state index contributed by atoms with van der Waals surface area (Å²) >= 11 is 0. The third-order valence-corrected chi connectivity index (χ3v) is 5.29. The van der Waals surface area contributed by atoms with Gasteiger partial charge in [-0.25, -0.2) is 0 Å². The Morgan fingerprint density at radius 2 is 2.00 bits per heavy atom. The van der Waals surface area contributed by atoms with Gasteiger partial charge in [0.05, 0.1) is 5.60 Å². The zero-order valence-electron chi connectivity index (χ0n) is 11.1. The molecule has 0 bridgehead atoms. The Morgan fingerprint density at radius 3 is 2.72 bits per heavy atom. The number of aliphatic hydroxyl groups is 1. The first-order valence-electron chi connectivity index (χ1n) is 6.85. The van der Waals surface area contributed by atoms with Crippen LogP contribution in [-0.4, -0.2) is 16.8 Å². The molecule has 0 amide bonds. The van der Waals surface area contributed by atoms with Crippen molar-refractivity contribution >= 4 is 0 Å². The second kappa shape index (κ2) is 3.74. The van der Waals surface area contributed by atoms with E-state index in [2.05, 4.69) is 19.7 Å². The lowest BCUT2D eigenvalue weighted by Gasteiger charge is -2.30. The largest absolute Gasteiger partial charge is 0.490 e. The molecule has 5 atom stereocenters. The van der Waals surface area contributed by atoms with Crippen LogP contribution in [0.1, 0.15) is 32.6 Å². The lowest BCUT2D eigenvalue weighted by Crippen LogP contribution is -2.33. The monoisotopic (exact) mass is 246 g/mol. The number of allylic oxidation sites excluding steroid dienone is 1. The van der Waals surface area contributed by atoms with Gasteiger partial charge in [-0.1, -0.05) is 25.3 Å². The molecule has 2 nitrogen and oxygen atoms in total. The van der Waals surface area contributed by atoms with Crippen LogP contribution >= 0.6 is 0 Å². The van der Waals surface area contributed by atoms with E-state index in [0.29, 0.717) is 17.8 Å². The average Bonchev–Trinajstić information content (AvgIpc) is 2.65. The Bertz CT molecular complexity index is 432. The summed E-state index contributed by atoms with van der Waals surface area (Å²) in [6, 6.07) is 0. The minimum atomic E-state index is -0.563. The van der Waals surface area contributed by atoms with Crippen LogP contribution in [0.3, 0.4) is 0 Å². The quantitative estimate of drug-likeness (QED) is 0.665. The fourth-order valence-electron chi connectivity index (χ4n) is 4.11. The second-order valence-corrected chi connectivity index (χ2v) is 6.42. The fraction of sp³-hybridized carbons (Fsp3) is 0.625. The normalized spacial score (nSPS) is 47.6. The number of hydrogen-bond acceptors (Lipinski definition) is 2. The van der Waals surface area contributed by atoms with Crippen molar-refractivity contribution in [2.45, 2.75) is 44.3 Å². The zero-order chi connectivity index (χ0) is 13.1. The molecule has 5 unspecified atom stereocenters. The molecule has 1 heterocycles.